The predicted molar refractivity (Wildman–Crippen MR) is 97.9 cm³/mol. The number of hydrogen-bond donors (Lipinski definition) is 1. The van der Waals surface area contributed by atoms with Gasteiger partial charge in [0.15, 0.2) is 5.96 Å². The number of nitrogens with zero attached hydrogens (tertiary/aromatic N) is 2. The number of benzene rings is 1. The van der Waals surface area contributed by atoms with E-state index in [1.165, 1.54) is 43.2 Å². The Morgan fingerprint density at radius 2 is 1.83 bits per heavy atom. The van der Waals surface area contributed by atoms with Gasteiger partial charge in [0.25, 0.3) is 0 Å². The van der Waals surface area contributed by atoms with E-state index in [-0.39, 0.29) is 10.8 Å². The first-order valence-electron chi connectivity index (χ1n) is 8.96. The van der Waals surface area contributed by atoms with Crippen LogP contribution in [0.2, 0.25) is 0 Å². The fraction of sp³-hybridized carbons (Fsp3) is 0.650. The molecule has 126 valence electrons. The topological polar surface area (TPSA) is 41.6 Å². The molecule has 3 heteroatoms. The largest absolute Gasteiger partial charge is 0.370 e. The number of hydrogen-bond acceptors (Lipinski definition) is 1. The lowest BCUT2D eigenvalue weighted by atomic mass is 9.64. The van der Waals surface area contributed by atoms with Crippen molar-refractivity contribution in [1.82, 2.24) is 4.90 Å². The zero-order valence-corrected chi connectivity index (χ0v) is 15.1. The Balaban J connectivity index is 1.74. The Morgan fingerprint density at radius 3 is 2.26 bits per heavy atom. The fourth-order valence-electron chi connectivity index (χ4n) is 3.46. The van der Waals surface area contributed by atoms with Crippen LogP contribution in [0.3, 0.4) is 0 Å². The number of guanidine groups is 1. The van der Waals surface area contributed by atoms with E-state index < -0.39 is 0 Å². The molecule has 0 unspecified atom stereocenters. The van der Waals surface area contributed by atoms with E-state index in [1.807, 2.05) is 0 Å². The van der Waals surface area contributed by atoms with E-state index in [0.717, 1.165) is 6.54 Å². The van der Waals surface area contributed by atoms with E-state index in [1.54, 1.807) is 0 Å². The quantitative estimate of drug-likeness (QED) is 0.678. The Bertz CT molecular complexity index is 572. The third kappa shape index (κ3) is 3.39. The van der Waals surface area contributed by atoms with Crippen molar-refractivity contribution >= 4 is 5.96 Å². The lowest BCUT2D eigenvalue weighted by Gasteiger charge is -2.41. The summed E-state index contributed by atoms with van der Waals surface area (Å²) in [5, 5.41) is 0. The van der Waals surface area contributed by atoms with Gasteiger partial charge in [0, 0.05) is 18.5 Å². The first-order valence-corrected chi connectivity index (χ1v) is 8.96. The van der Waals surface area contributed by atoms with Crippen LogP contribution in [0.25, 0.3) is 0 Å². The van der Waals surface area contributed by atoms with Crippen LogP contribution in [0.4, 0.5) is 0 Å². The minimum absolute atomic E-state index is 0.209. The second-order valence-electron chi connectivity index (χ2n) is 8.48. The molecule has 0 aliphatic heterocycles. The van der Waals surface area contributed by atoms with Crippen LogP contribution in [0, 0.1) is 0 Å². The molecule has 2 saturated carbocycles. The molecule has 23 heavy (non-hydrogen) atoms. The highest BCUT2D eigenvalue weighted by atomic mass is 15.3. The van der Waals surface area contributed by atoms with Crippen molar-refractivity contribution in [3.63, 3.8) is 0 Å². The average molecular weight is 313 g/mol. The molecule has 0 saturated heterocycles. The van der Waals surface area contributed by atoms with Gasteiger partial charge in [-0.2, -0.15) is 0 Å². The van der Waals surface area contributed by atoms with Crippen LogP contribution >= 0.6 is 0 Å². The fourth-order valence-corrected chi connectivity index (χ4v) is 3.46. The number of rotatable bonds is 4. The molecule has 2 aliphatic rings. The van der Waals surface area contributed by atoms with Gasteiger partial charge in [0.1, 0.15) is 0 Å². The zero-order chi connectivity index (χ0) is 16.7. The average Bonchev–Trinajstić information content (AvgIpc) is 3.29. The highest BCUT2D eigenvalue weighted by Crippen LogP contribution is 2.44. The molecule has 0 amide bonds. The van der Waals surface area contributed by atoms with E-state index in [0.29, 0.717) is 12.0 Å². The van der Waals surface area contributed by atoms with E-state index in [2.05, 4.69) is 57.0 Å². The molecule has 0 radical (unpaired) electrons. The number of aliphatic imine (C=N–C) groups is 1. The molecule has 1 aromatic carbocycles. The van der Waals surface area contributed by atoms with Gasteiger partial charge in [-0.05, 0) is 42.2 Å². The summed E-state index contributed by atoms with van der Waals surface area (Å²) in [5.41, 5.74) is 9.43. The van der Waals surface area contributed by atoms with Crippen LogP contribution in [0.5, 0.6) is 0 Å². The van der Waals surface area contributed by atoms with Crippen LogP contribution in [-0.2, 0) is 10.8 Å². The summed E-state index contributed by atoms with van der Waals surface area (Å²) in [5.74, 6) is 0.713. The molecular formula is C20H31N3. The van der Waals surface area contributed by atoms with Gasteiger partial charge in [-0.25, -0.2) is 0 Å². The smallest absolute Gasteiger partial charge is 0.191 e. The SMILES string of the molecule is CN(C(N)=NCC1(c2ccc(C(C)(C)C)cc2)CCC1)C1CC1. The van der Waals surface area contributed by atoms with Crippen molar-refractivity contribution in [2.75, 3.05) is 13.6 Å². The zero-order valence-electron chi connectivity index (χ0n) is 15.1. The van der Waals surface area contributed by atoms with Gasteiger partial charge < -0.3 is 10.6 Å². The van der Waals surface area contributed by atoms with Crippen molar-refractivity contribution in [3.8, 4) is 0 Å². The molecule has 2 N–H and O–H groups in total. The summed E-state index contributed by atoms with van der Waals surface area (Å²) in [4.78, 5) is 6.90. The summed E-state index contributed by atoms with van der Waals surface area (Å²) in [6, 6.07) is 9.84. The van der Waals surface area contributed by atoms with E-state index in [4.69, 9.17) is 10.7 Å². The van der Waals surface area contributed by atoms with Gasteiger partial charge in [-0.3, -0.25) is 4.99 Å². The van der Waals surface area contributed by atoms with E-state index in [9.17, 15) is 0 Å². The normalized spacial score (nSPS) is 21.0. The maximum Gasteiger partial charge on any atom is 0.191 e. The van der Waals surface area contributed by atoms with Crippen molar-refractivity contribution in [2.24, 2.45) is 10.7 Å². The van der Waals surface area contributed by atoms with Crippen molar-refractivity contribution in [2.45, 2.75) is 69.7 Å². The Kier molecular flexibility index (Phi) is 4.16. The number of nitrogens with two attached hydrogens (primary N) is 1. The molecule has 3 rings (SSSR count). The Labute approximate surface area is 141 Å². The molecular weight excluding hydrogens is 282 g/mol. The standard InChI is InChI=1S/C20H31N3/c1-19(2,3)15-6-8-16(9-7-15)20(12-5-13-20)14-22-18(21)23(4)17-10-11-17/h6-9,17H,5,10-14H2,1-4H3,(H2,21,22). The molecule has 1 aromatic rings. The van der Waals surface area contributed by atoms with Crippen LogP contribution in [0.1, 0.15) is 64.0 Å². The molecule has 3 nitrogen and oxygen atoms in total. The van der Waals surface area contributed by atoms with Crippen molar-refractivity contribution < 1.29 is 0 Å². The lowest BCUT2D eigenvalue weighted by Crippen LogP contribution is -2.41. The molecule has 0 bridgehead atoms. The first-order chi connectivity index (χ1) is 10.8. The predicted octanol–water partition coefficient (Wildman–Crippen LogP) is 3.81. The van der Waals surface area contributed by atoms with Crippen LogP contribution in [0.15, 0.2) is 29.3 Å². The highest BCUT2D eigenvalue weighted by Gasteiger charge is 2.39. The maximum atomic E-state index is 6.18. The monoisotopic (exact) mass is 313 g/mol. The molecule has 2 aliphatic carbocycles. The highest BCUT2D eigenvalue weighted by molar-refractivity contribution is 5.78. The maximum absolute atomic E-state index is 6.18. The van der Waals surface area contributed by atoms with Gasteiger partial charge in [-0.15, -0.1) is 0 Å². The lowest BCUT2D eigenvalue weighted by molar-refractivity contribution is 0.252. The minimum atomic E-state index is 0.209. The minimum Gasteiger partial charge on any atom is -0.370 e. The molecule has 0 aromatic heterocycles. The third-order valence-electron chi connectivity index (χ3n) is 5.67. The second-order valence-corrected chi connectivity index (χ2v) is 8.48. The van der Waals surface area contributed by atoms with E-state index >= 15 is 0 Å². The van der Waals surface area contributed by atoms with Gasteiger partial charge in [-0.1, -0.05) is 51.5 Å². The summed E-state index contributed by atoms with van der Waals surface area (Å²) < 4.78 is 0. The van der Waals surface area contributed by atoms with Crippen molar-refractivity contribution in [3.05, 3.63) is 35.4 Å². The summed E-state index contributed by atoms with van der Waals surface area (Å²) >= 11 is 0. The van der Waals surface area contributed by atoms with Crippen molar-refractivity contribution in [1.29, 1.82) is 0 Å². The van der Waals surface area contributed by atoms with Crippen LogP contribution < -0.4 is 5.73 Å². The summed E-state index contributed by atoms with van der Waals surface area (Å²) in [6.07, 6.45) is 6.27. The molecule has 2 fully saturated rings. The Morgan fingerprint density at radius 1 is 1.22 bits per heavy atom. The summed E-state index contributed by atoms with van der Waals surface area (Å²) in [7, 11) is 2.07. The molecule has 0 atom stereocenters. The third-order valence-corrected chi connectivity index (χ3v) is 5.67. The molecule has 0 spiro atoms. The van der Waals surface area contributed by atoms with Gasteiger partial charge in [0.2, 0.25) is 0 Å². The van der Waals surface area contributed by atoms with Gasteiger partial charge in [0.05, 0.1) is 6.54 Å². The Hall–Kier alpha value is -1.51. The van der Waals surface area contributed by atoms with Gasteiger partial charge >= 0.3 is 0 Å². The molecule has 0 heterocycles. The second kappa shape index (κ2) is 5.85. The first kappa shape index (κ1) is 16.4. The van der Waals surface area contributed by atoms with Crippen LogP contribution in [-0.4, -0.2) is 30.5 Å². The summed E-state index contributed by atoms with van der Waals surface area (Å²) in [6.45, 7) is 7.62.